The van der Waals surface area contributed by atoms with E-state index in [1.165, 1.54) is 11.8 Å². The summed E-state index contributed by atoms with van der Waals surface area (Å²) in [5.41, 5.74) is 3.31. The first-order valence-corrected chi connectivity index (χ1v) is 7.30. The molecule has 1 aromatic carbocycles. The molecule has 1 aromatic heterocycles. The minimum absolute atomic E-state index is 0.534. The Hall–Kier alpha value is -2.19. The average Bonchev–Trinajstić information content (AvgIpc) is 2.53. The van der Waals surface area contributed by atoms with E-state index in [1.807, 2.05) is 18.4 Å². The van der Waals surface area contributed by atoms with Crippen molar-refractivity contribution in [2.24, 2.45) is 5.84 Å². The van der Waals surface area contributed by atoms with E-state index >= 15 is 0 Å². The third-order valence-electron chi connectivity index (χ3n) is 2.66. The van der Waals surface area contributed by atoms with Crippen LogP contribution in [-0.4, -0.2) is 30.4 Å². The first kappa shape index (κ1) is 15.2. The maximum Gasteiger partial charge on any atom is 0.191 e. The lowest BCUT2D eigenvalue weighted by Crippen LogP contribution is -2.10. The molecule has 0 amide bonds. The Balaban J connectivity index is 2.32. The smallest absolute Gasteiger partial charge is 0.191 e. The molecule has 0 bridgehead atoms. The summed E-state index contributed by atoms with van der Waals surface area (Å²) >= 11 is 1.43. The van der Waals surface area contributed by atoms with E-state index in [4.69, 9.17) is 15.3 Å². The zero-order valence-electron chi connectivity index (χ0n) is 12.0. The van der Waals surface area contributed by atoms with E-state index in [0.717, 1.165) is 5.69 Å². The lowest BCUT2D eigenvalue weighted by Gasteiger charge is -2.11. The van der Waals surface area contributed by atoms with E-state index in [-0.39, 0.29) is 0 Å². The Labute approximate surface area is 127 Å². The molecule has 0 radical (unpaired) electrons. The number of methoxy groups -OCH3 is 2. The minimum Gasteiger partial charge on any atom is -0.497 e. The number of benzene rings is 1. The van der Waals surface area contributed by atoms with E-state index < -0.39 is 0 Å². The maximum absolute atomic E-state index is 5.41. The molecular formula is C13H17N5O2S. The number of anilines is 3. The number of aromatic nitrogens is 2. The van der Waals surface area contributed by atoms with Crippen molar-refractivity contribution in [3.05, 3.63) is 24.3 Å². The summed E-state index contributed by atoms with van der Waals surface area (Å²) in [7, 11) is 3.21. The van der Waals surface area contributed by atoms with Crippen LogP contribution in [0.2, 0.25) is 0 Å². The van der Waals surface area contributed by atoms with Gasteiger partial charge in [0, 0.05) is 30.0 Å². The van der Waals surface area contributed by atoms with Crippen molar-refractivity contribution in [1.29, 1.82) is 0 Å². The summed E-state index contributed by atoms with van der Waals surface area (Å²) in [4.78, 5) is 8.58. The van der Waals surface area contributed by atoms with Crippen molar-refractivity contribution in [3.8, 4) is 11.5 Å². The van der Waals surface area contributed by atoms with Crippen molar-refractivity contribution in [2.75, 3.05) is 31.2 Å². The van der Waals surface area contributed by atoms with Gasteiger partial charge >= 0.3 is 0 Å². The van der Waals surface area contributed by atoms with E-state index in [9.17, 15) is 0 Å². The number of thioether (sulfide) groups is 1. The van der Waals surface area contributed by atoms with Gasteiger partial charge in [0.25, 0.3) is 0 Å². The molecule has 1 heterocycles. The first-order chi connectivity index (χ1) is 10.2. The number of nitrogens with two attached hydrogens (primary N) is 1. The van der Waals surface area contributed by atoms with E-state index in [2.05, 4.69) is 20.7 Å². The predicted molar refractivity (Wildman–Crippen MR) is 84.5 cm³/mol. The zero-order valence-corrected chi connectivity index (χ0v) is 12.8. The van der Waals surface area contributed by atoms with E-state index in [1.54, 1.807) is 26.4 Å². The van der Waals surface area contributed by atoms with Gasteiger partial charge < -0.3 is 20.2 Å². The van der Waals surface area contributed by atoms with Crippen molar-refractivity contribution in [3.63, 3.8) is 0 Å². The second kappa shape index (κ2) is 7.00. The van der Waals surface area contributed by atoms with Crippen LogP contribution >= 0.6 is 11.8 Å². The molecule has 0 aliphatic rings. The second-order valence-electron chi connectivity index (χ2n) is 4.00. The fourth-order valence-electron chi connectivity index (χ4n) is 1.68. The van der Waals surface area contributed by atoms with Crippen LogP contribution in [0.25, 0.3) is 0 Å². The maximum atomic E-state index is 5.41. The second-order valence-corrected chi connectivity index (χ2v) is 4.77. The molecule has 0 saturated carbocycles. The Bertz CT molecular complexity index is 526. The monoisotopic (exact) mass is 307 g/mol. The highest BCUT2D eigenvalue weighted by atomic mass is 32.2. The molecule has 0 aliphatic heterocycles. The first-order valence-electron chi connectivity index (χ1n) is 6.08. The Morgan fingerprint density at radius 3 is 2.14 bits per heavy atom. The minimum atomic E-state index is 0.534. The van der Waals surface area contributed by atoms with Gasteiger partial charge in [-0.1, -0.05) is 11.8 Å². The number of hydrogen-bond acceptors (Lipinski definition) is 8. The number of hydrazine groups is 1. The normalized spacial score (nSPS) is 10.1. The Morgan fingerprint density at radius 1 is 1.00 bits per heavy atom. The summed E-state index contributed by atoms with van der Waals surface area (Å²) in [6.45, 7) is 0. The van der Waals surface area contributed by atoms with Crippen molar-refractivity contribution < 1.29 is 9.47 Å². The molecule has 0 atom stereocenters. The van der Waals surface area contributed by atoms with Crippen LogP contribution in [0.3, 0.4) is 0 Å². The summed E-state index contributed by atoms with van der Waals surface area (Å²) in [5, 5.41) is 3.80. The number of nitrogen functional groups attached to an aromatic ring is 1. The molecule has 112 valence electrons. The van der Waals surface area contributed by atoms with Crippen molar-refractivity contribution in [2.45, 2.75) is 5.16 Å². The molecule has 0 saturated heterocycles. The average molecular weight is 307 g/mol. The molecule has 0 aliphatic carbocycles. The van der Waals surface area contributed by atoms with Gasteiger partial charge in [0.2, 0.25) is 0 Å². The molecule has 0 unspecified atom stereocenters. The summed E-state index contributed by atoms with van der Waals surface area (Å²) in [6, 6.07) is 7.20. The van der Waals surface area contributed by atoms with Crippen LogP contribution in [0.1, 0.15) is 0 Å². The molecule has 0 spiro atoms. The SMILES string of the molecule is COc1cc(Nc2cc(NN)nc(SC)n2)cc(OC)c1. The number of hydrogen-bond donors (Lipinski definition) is 3. The quantitative estimate of drug-likeness (QED) is 0.324. The van der Waals surface area contributed by atoms with Gasteiger partial charge in [0.15, 0.2) is 5.16 Å². The molecule has 0 fully saturated rings. The van der Waals surface area contributed by atoms with E-state index in [0.29, 0.717) is 28.3 Å². The highest BCUT2D eigenvalue weighted by molar-refractivity contribution is 7.98. The Kier molecular flexibility index (Phi) is 5.07. The molecule has 4 N–H and O–H groups in total. The highest BCUT2D eigenvalue weighted by Crippen LogP contribution is 2.28. The van der Waals surface area contributed by atoms with Gasteiger partial charge in [-0.2, -0.15) is 0 Å². The summed E-state index contributed by atoms with van der Waals surface area (Å²) in [6.07, 6.45) is 1.90. The van der Waals surface area contributed by atoms with Crippen LogP contribution in [-0.2, 0) is 0 Å². The van der Waals surface area contributed by atoms with Gasteiger partial charge in [-0.3, -0.25) is 0 Å². The third-order valence-corrected chi connectivity index (χ3v) is 3.21. The highest BCUT2D eigenvalue weighted by Gasteiger charge is 2.06. The number of nitrogens with zero attached hydrogens (tertiary/aromatic N) is 2. The largest absolute Gasteiger partial charge is 0.497 e. The van der Waals surface area contributed by atoms with Crippen LogP contribution in [0, 0.1) is 0 Å². The van der Waals surface area contributed by atoms with Crippen molar-refractivity contribution in [1.82, 2.24) is 9.97 Å². The summed E-state index contributed by atoms with van der Waals surface area (Å²) in [5.74, 6) is 7.94. The molecule has 8 heteroatoms. The molecule has 2 aromatic rings. The topological polar surface area (TPSA) is 94.3 Å². The fraction of sp³-hybridized carbons (Fsp3) is 0.231. The van der Waals surface area contributed by atoms with Gasteiger partial charge in [0.1, 0.15) is 23.1 Å². The Morgan fingerprint density at radius 2 is 1.62 bits per heavy atom. The van der Waals surface area contributed by atoms with Crippen LogP contribution in [0.5, 0.6) is 11.5 Å². The molecule has 21 heavy (non-hydrogen) atoms. The zero-order chi connectivity index (χ0) is 15.2. The lowest BCUT2D eigenvalue weighted by molar-refractivity contribution is 0.395. The number of nitrogens with one attached hydrogen (secondary N) is 2. The van der Waals surface area contributed by atoms with Gasteiger partial charge in [-0.15, -0.1) is 0 Å². The van der Waals surface area contributed by atoms with Crippen LogP contribution in [0.15, 0.2) is 29.4 Å². The predicted octanol–water partition coefficient (Wildman–Crippen LogP) is 2.24. The van der Waals surface area contributed by atoms with Gasteiger partial charge in [-0.25, -0.2) is 15.8 Å². The fourth-order valence-corrected chi connectivity index (χ4v) is 2.06. The lowest BCUT2D eigenvalue weighted by atomic mass is 10.2. The number of ether oxygens (including phenoxy) is 2. The molecule has 2 rings (SSSR count). The van der Waals surface area contributed by atoms with Gasteiger partial charge in [-0.05, 0) is 6.26 Å². The molecule has 7 nitrogen and oxygen atoms in total. The van der Waals surface area contributed by atoms with Gasteiger partial charge in [0.05, 0.1) is 14.2 Å². The van der Waals surface area contributed by atoms with Crippen LogP contribution in [0.4, 0.5) is 17.3 Å². The summed E-state index contributed by atoms with van der Waals surface area (Å²) < 4.78 is 10.5. The number of rotatable bonds is 6. The third kappa shape index (κ3) is 3.89. The van der Waals surface area contributed by atoms with Crippen LogP contribution < -0.4 is 26.1 Å². The molecular weight excluding hydrogens is 290 g/mol. The standard InChI is InChI=1S/C13H17N5O2S/c1-19-9-4-8(5-10(6-9)20-2)15-11-7-12(18-14)17-13(16-11)21-3/h4-7H,14H2,1-3H3,(H2,15,16,17,18). The van der Waals surface area contributed by atoms with Crippen molar-refractivity contribution >= 4 is 29.1 Å².